The Morgan fingerprint density at radius 2 is 0.844 bits per heavy atom. The van der Waals surface area contributed by atoms with Crippen molar-refractivity contribution in [3.8, 4) is 0 Å². The highest BCUT2D eigenvalue weighted by Crippen LogP contribution is 2.23. The van der Waals surface area contributed by atoms with Crippen molar-refractivity contribution in [3.05, 3.63) is 36.5 Å². The second kappa shape index (κ2) is 55.8. The fraction of sp³-hybridized carbons (Fsp3) is 0.879. The second-order valence-corrected chi connectivity index (χ2v) is 22.8. The summed E-state index contributed by atoms with van der Waals surface area (Å²) < 4.78 is 16.7. The average molecular weight is 1090 g/mol. The van der Waals surface area contributed by atoms with E-state index in [1.807, 2.05) is 6.08 Å². The van der Waals surface area contributed by atoms with Gasteiger partial charge in [0, 0.05) is 12.8 Å². The number of carbonyl (C=O) groups is 2. The number of amides is 1. The van der Waals surface area contributed by atoms with Crippen LogP contribution in [0.5, 0.6) is 0 Å². The first kappa shape index (κ1) is 72.9. The van der Waals surface area contributed by atoms with Gasteiger partial charge in [0.15, 0.2) is 6.29 Å². The Balaban J connectivity index is 1.95. The number of esters is 1. The van der Waals surface area contributed by atoms with E-state index in [0.29, 0.717) is 19.4 Å². The van der Waals surface area contributed by atoms with Crippen LogP contribution in [0.3, 0.4) is 0 Å². The first-order chi connectivity index (χ1) is 37.7. The van der Waals surface area contributed by atoms with Gasteiger partial charge >= 0.3 is 5.97 Å². The van der Waals surface area contributed by atoms with Crippen molar-refractivity contribution in [1.29, 1.82) is 0 Å². The monoisotopic (exact) mass is 1090 g/mol. The zero-order chi connectivity index (χ0) is 55.9. The van der Waals surface area contributed by atoms with E-state index in [9.17, 15) is 35.1 Å². The molecule has 0 aromatic heterocycles. The molecule has 1 fully saturated rings. The summed E-state index contributed by atoms with van der Waals surface area (Å²) in [5.74, 6) is -0.186. The largest absolute Gasteiger partial charge is 0.466 e. The summed E-state index contributed by atoms with van der Waals surface area (Å²) in [5.41, 5.74) is 0. The molecular formula is C66H123NO10. The van der Waals surface area contributed by atoms with Crippen LogP contribution in [-0.4, -0.2) is 100 Å². The van der Waals surface area contributed by atoms with Crippen LogP contribution in [0.15, 0.2) is 36.5 Å². The number of allylic oxidation sites excluding steroid dienone is 5. The third-order valence-electron chi connectivity index (χ3n) is 15.5. The van der Waals surface area contributed by atoms with E-state index in [4.69, 9.17) is 14.2 Å². The van der Waals surface area contributed by atoms with E-state index in [-0.39, 0.29) is 18.5 Å². The molecule has 6 N–H and O–H groups in total. The molecule has 0 aromatic rings. The maximum Gasteiger partial charge on any atom is 0.305 e. The van der Waals surface area contributed by atoms with Crippen molar-refractivity contribution in [2.45, 2.75) is 352 Å². The Kier molecular flexibility index (Phi) is 52.8. The molecule has 1 heterocycles. The van der Waals surface area contributed by atoms with Crippen molar-refractivity contribution in [3.63, 3.8) is 0 Å². The third kappa shape index (κ3) is 45.2. The number of unbranched alkanes of at least 4 members (excludes halogenated alkanes) is 39. The predicted molar refractivity (Wildman–Crippen MR) is 320 cm³/mol. The highest BCUT2D eigenvalue weighted by Gasteiger charge is 2.44. The quantitative estimate of drug-likeness (QED) is 0.0195. The minimum Gasteiger partial charge on any atom is -0.466 e. The molecule has 77 heavy (non-hydrogen) atoms. The van der Waals surface area contributed by atoms with Gasteiger partial charge in [0.05, 0.1) is 32.0 Å². The van der Waals surface area contributed by atoms with E-state index in [0.717, 1.165) is 57.8 Å². The lowest BCUT2D eigenvalue weighted by molar-refractivity contribution is -0.302. The van der Waals surface area contributed by atoms with Crippen LogP contribution in [0.1, 0.15) is 309 Å². The maximum absolute atomic E-state index is 13.0. The minimum atomic E-state index is -1.57. The Hall–Kier alpha value is -2.12. The van der Waals surface area contributed by atoms with Crippen LogP contribution in [0.4, 0.5) is 0 Å². The second-order valence-electron chi connectivity index (χ2n) is 22.8. The zero-order valence-electron chi connectivity index (χ0n) is 49.9. The van der Waals surface area contributed by atoms with Crippen LogP contribution in [-0.2, 0) is 23.8 Å². The topological polar surface area (TPSA) is 175 Å². The highest BCUT2D eigenvalue weighted by molar-refractivity contribution is 5.76. The molecule has 7 unspecified atom stereocenters. The van der Waals surface area contributed by atoms with Gasteiger partial charge in [-0.25, -0.2) is 0 Å². The molecule has 0 aromatic carbocycles. The zero-order valence-corrected chi connectivity index (χ0v) is 49.9. The van der Waals surface area contributed by atoms with Crippen molar-refractivity contribution in [2.24, 2.45) is 0 Å². The van der Waals surface area contributed by atoms with Crippen LogP contribution >= 0.6 is 0 Å². The van der Waals surface area contributed by atoms with Crippen molar-refractivity contribution >= 4 is 11.9 Å². The number of nitrogens with one attached hydrogen (secondary N) is 1. The van der Waals surface area contributed by atoms with Crippen LogP contribution in [0.2, 0.25) is 0 Å². The van der Waals surface area contributed by atoms with E-state index >= 15 is 0 Å². The van der Waals surface area contributed by atoms with Crippen molar-refractivity contribution in [1.82, 2.24) is 5.32 Å². The summed E-state index contributed by atoms with van der Waals surface area (Å²) in [7, 11) is 0. The molecule has 11 heteroatoms. The van der Waals surface area contributed by atoms with Gasteiger partial charge in [-0.15, -0.1) is 0 Å². The highest BCUT2D eigenvalue weighted by atomic mass is 16.7. The Bertz CT molecular complexity index is 1370. The number of aliphatic hydroxyl groups excluding tert-OH is 5. The third-order valence-corrected chi connectivity index (χ3v) is 15.5. The Morgan fingerprint density at radius 3 is 1.31 bits per heavy atom. The first-order valence-corrected chi connectivity index (χ1v) is 32.8. The molecule has 452 valence electrons. The van der Waals surface area contributed by atoms with Gasteiger partial charge in [0.1, 0.15) is 24.4 Å². The molecule has 0 aliphatic carbocycles. The molecular weight excluding hydrogens is 967 g/mol. The van der Waals surface area contributed by atoms with Crippen LogP contribution < -0.4 is 5.32 Å². The number of hydrogen-bond donors (Lipinski definition) is 6. The summed E-state index contributed by atoms with van der Waals surface area (Å²) in [6.07, 6.45) is 60.0. The normalized spacial score (nSPS) is 18.8. The van der Waals surface area contributed by atoms with Gasteiger partial charge in [-0.05, 0) is 70.6 Å². The van der Waals surface area contributed by atoms with Crippen LogP contribution in [0.25, 0.3) is 0 Å². The molecule has 0 spiro atoms. The molecule has 0 saturated carbocycles. The number of rotatable bonds is 57. The van der Waals surface area contributed by atoms with Gasteiger partial charge in [-0.2, -0.15) is 0 Å². The van der Waals surface area contributed by atoms with Gasteiger partial charge in [0.25, 0.3) is 0 Å². The molecule has 1 saturated heterocycles. The fourth-order valence-corrected chi connectivity index (χ4v) is 10.3. The Labute approximate surface area is 473 Å². The summed E-state index contributed by atoms with van der Waals surface area (Å²) in [5, 5.41) is 54.2. The lowest BCUT2D eigenvalue weighted by atomic mass is 9.99. The predicted octanol–water partition coefficient (Wildman–Crippen LogP) is 15.8. The molecule has 11 nitrogen and oxygen atoms in total. The van der Waals surface area contributed by atoms with E-state index in [2.05, 4.69) is 43.5 Å². The molecule has 0 radical (unpaired) electrons. The SMILES string of the molecule is CCCCC/C=C/CC/C=C/C(O)C(COC1OC(CO)C(O)C(O)C1O)NC(=O)CCCCCCCCCCCCCCC/C=C\CCCCCCCCCCCCCCOC(=O)CCCCCCCCCCCCC. The fourth-order valence-electron chi connectivity index (χ4n) is 10.3. The summed E-state index contributed by atoms with van der Waals surface area (Å²) in [4.78, 5) is 25.0. The summed E-state index contributed by atoms with van der Waals surface area (Å²) in [6, 6.07) is -0.825. The molecule has 1 rings (SSSR count). The lowest BCUT2D eigenvalue weighted by Crippen LogP contribution is -2.60. The molecule has 1 aliphatic rings. The van der Waals surface area contributed by atoms with Crippen LogP contribution in [0, 0.1) is 0 Å². The van der Waals surface area contributed by atoms with Gasteiger partial charge in [-0.1, -0.05) is 262 Å². The standard InChI is InChI=1S/C66H123NO10/c1-3-5-7-9-11-13-33-38-42-46-50-54-62(71)75-55-51-47-43-39-35-32-30-28-26-24-22-20-18-16-14-15-17-19-21-23-25-27-29-31-34-37-41-45-49-53-61(70)67-58(59(69)52-48-44-40-36-12-10-8-6-4-2)57-76-66-65(74)64(73)63(72)60(56-68)77-66/h12,14,16,36,48,52,58-60,63-66,68-69,72-74H,3-11,13,15,17-35,37-47,49-51,53-57H2,1-2H3,(H,67,70)/b16-14-,36-12+,52-48+. The molecule has 1 aliphatic heterocycles. The van der Waals surface area contributed by atoms with E-state index in [1.54, 1.807) is 6.08 Å². The van der Waals surface area contributed by atoms with Gasteiger partial charge in [0.2, 0.25) is 5.91 Å². The van der Waals surface area contributed by atoms with Gasteiger partial charge < -0.3 is 45.1 Å². The maximum atomic E-state index is 13.0. The number of hydrogen-bond acceptors (Lipinski definition) is 10. The van der Waals surface area contributed by atoms with Crippen molar-refractivity contribution < 1.29 is 49.3 Å². The molecule has 7 atom stereocenters. The average Bonchev–Trinajstić information content (AvgIpc) is 3.43. The number of ether oxygens (including phenoxy) is 3. The summed E-state index contributed by atoms with van der Waals surface area (Å²) >= 11 is 0. The summed E-state index contributed by atoms with van der Waals surface area (Å²) in [6.45, 7) is 4.29. The first-order valence-electron chi connectivity index (χ1n) is 32.8. The van der Waals surface area contributed by atoms with Crippen molar-refractivity contribution in [2.75, 3.05) is 19.8 Å². The molecule has 1 amide bonds. The van der Waals surface area contributed by atoms with E-state index in [1.165, 1.54) is 225 Å². The minimum absolute atomic E-state index is 0.00714. The van der Waals surface area contributed by atoms with Gasteiger partial charge in [-0.3, -0.25) is 9.59 Å². The molecule has 0 bridgehead atoms. The number of aliphatic hydroxyl groups is 5. The lowest BCUT2D eigenvalue weighted by Gasteiger charge is -2.40. The van der Waals surface area contributed by atoms with E-state index < -0.39 is 49.5 Å². The Morgan fingerprint density at radius 1 is 0.468 bits per heavy atom. The smallest absolute Gasteiger partial charge is 0.305 e. The number of carbonyl (C=O) groups excluding carboxylic acids is 2.